The minimum atomic E-state index is -3.73. The van der Waals surface area contributed by atoms with Gasteiger partial charge in [-0.15, -0.1) is 0 Å². The lowest BCUT2D eigenvalue weighted by molar-refractivity contribution is -0.139. The highest BCUT2D eigenvalue weighted by Crippen LogP contribution is 1.91. The number of aliphatic hydroxyl groups excluding tert-OH is 1. The van der Waals surface area contributed by atoms with Crippen molar-refractivity contribution in [3.8, 4) is 0 Å². The molecule has 0 bridgehead atoms. The van der Waals surface area contributed by atoms with Gasteiger partial charge in [0.1, 0.15) is 6.04 Å². The zero-order valence-corrected chi connectivity index (χ0v) is 9.16. The van der Waals surface area contributed by atoms with Gasteiger partial charge in [-0.3, -0.25) is 4.79 Å². The van der Waals surface area contributed by atoms with Crippen LogP contribution in [0.2, 0.25) is 0 Å². The Morgan fingerprint density at radius 2 is 2.13 bits per heavy atom. The highest BCUT2D eigenvalue weighted by molar-refractivity contribution is 7.89. The summed E-state index contributed by atoms with van der Waals surface area (Å²) >= 11 is 0. The number of hydrogen-bond donors (Lipinski definition) is 3. The highest BCUT2D eigenvalue weighted by Gasteiger charge is 2.22. The molecule has 0 saturated heterocycles. The van der Waals surface area contributed by atoms with E-state index in [0.29, 0.717) is 6.61 Å². The van der Waals surface area contributed by atoms with Gasteiger partial charge < -0.3 is 14.9 Å². The number of rotatable bonds is 8. The minimum Gasteiger partial charge on any atom is -0.480 e. The first-order chi connectivity index (χ1) is 6.93. The van der Waals surface area contributed by atoms with E-state index in [0.717, 1.165) is 0 Å². The van der Waals surface area contributed by atoms with Crippen molar-refractivity contribution in [2.24, 2.45) is 0 Å². The highest BCUT2D eigenvalue weighted by atomic mass is 32.2. The van der Waals surface area contributed by atoms with Gasteiger partial charge in [0.2, 0.25) is 10.0 Å². The quantitative estimate of drug-likeness (QED) is 0.440. The Morgan fingerprint density at radius 1 is 1.53 bits per heavy atom. The van der Waals surface area contributed by atoms with Crippen LogP contribution < -0.4 is 4.72 Å². The number of sulfonamides is 1. The molecule has 1 atom stereocenters. The summed E-state index contributed by atoms with van der Waals surface area (Å²) in [5.41, 5.74) is 0. The molecule has 15 heavy (non-hydrogen) atoms. The Bertz CT molecular complexity index is 288. The van der Waals surface area contributed by atoms with Crippen LogP contribution in [0.1, 0.15) is 6.92 Å². The van der Waals surface area contributed by atoms with Crippen LogP contribution in [0, 0.1) is 0 Å². The van der Waals surface area contributed by atoms with Crippen molar-refractivity contribution in [2.45, 2.75) is 13.0 Å². The fraction of sp³-hybridized carbons (Fsp3) is 0.857. The van der Waals surface area contributed by atoms with E-state index in [9.17, 15) is 13.2 Å². The first-order valence-corrected chi connectivity index (χ1v) is 5.99. The van der Waals surface area contributed by atoms with Crippen molar-refractivity contribution in [1.29, 1.82) is 0 Å². The molecule has 0 aromatic rings. The smallest absolute Gasteiger partial charge is 0.324 e. The Kier molecular flexibility index (Phi) is 6.41. The zero-order valence-electron chi connectivity index (χ0n) is 8.34. The van der Waals surface area contributed by atoms with E-state index in [-0.39, 0.29) is 12.4 Å². The summed E-state index contributed by atoms with van der Waals surface area (Å²) in [6, 6.07) is -1.50. The molecule has 0 aromatic heterocycles. The Hall–Kier alpha value is -0.700. The minimum absolute atomic E-state index is 0.0103. The van der Waals surface area contributed by atoms with Gasteiger partial charge in [0.15, 0.2) is 0 Å². The van der Waals surface area contributed by atoms with Gasteiger partial charge in [-0.25, -0.2) is 8.42 Å². The van der Waals surface area contributed by atoms with Gasteiger partial charge in [0.05, 0.1) is 19.0 Å². The molecule has 7 nitrogen and oxygen atoms in total. The van der Waals surface area contributed by atoms with Gasteiger partial charge in [0, 0.05) is 6.61 Å². The third kappa shape index (κ3) is 6.39. The molecule has 8 heteroatoms. The fourth-order valence-electron chi connectivity index (χ4n) is 0.754. The van der Waals surface area contributed by atoms with Gasteiger partial charge in [0.25, 0.3) is 0 Å². The lowest BCUT2D eigenvalue weighted by atomic mass is 10.3. The van der Waals surface area contributed by atoms with Crippen molar-refractivity contribution in [1.82, 2.24) is 4.72 Å². The number of aliphatic carboxylic acids is 1. The second-order valence-electron chi connectivity index (χ2n) is 2.71. The predicted molar refractivity (Wildman–Crippen MR) is 51.9 cm³/mol. The van der Waals surface area contributed by atoms with E-state index >= 15 is 0 Å². The standard InChI is InChI=1S/C7H15NO6S/c1-2-14-3-4-15(12,13)8-6(5-9)7(10)11/h6,8-9H,2-5H2,1H3,(H,10,11). The average molecular weight is 241 g/mol. The zero-order chi connectivity index (χ0) is 11.9. The van der Waals surface area contributed by atoms with E-state index in [2.05, 4.69) is 0 Å². The SMILES string of the molecule is CCOCCS(=O)(=O)NC(CO)C(=O)O. The fourth-order valence-corrected chi connectivity index (χ4v) is 1.82. The normalized spacial score (nSPS) is 13.7. The van der Waals surface area contributed by atoms with Crippen molar-refractivity contribution in [3.63, 3.8) is 0 Å². The van der Waals surface area contributed by atoms with Crippen LogP contribution in [0.3, 0.4) is 0 Å². The number of carbonyl (C=O) groups is 1. The molecule has 0 radical (unpaired) electrons. The molecule has 0 aliphatic heterocycles. The van der Waals surface area contributed by atoms with Crippen molar-refractivity contribution < 1.29 is 28.2 Å². The average Bonchev–Trinajstić information content (AvgIpc) is 2.14. The van der Waals surface area contributed by atoms with Gasteiger partial charge in [-0.2, -0.15) is 4.72 Å². The molecule has 0 spiro atoms. The summed E-state index contributed by atoms with van der Waals surface area (Å²) in [6.45, 7) is 1.30. The second-order valence-corrected chi connectivity index (χ2v) is 4.58. The van der Waals surface area contributed by atoms with Crippen LogP contribution in [0.4, 0.5) is 0 Å². The molecule has 0 rings (SSSR count). The van der Waals surface area contributed by atoms with Crippen LogP contribution in [0.5, 0.6) is 0 Å². The summed E-state index contributed by atoms with van der Waals surface area (Å²) in [5, 5.41) is 17.1. The third-order valence-corrected chi connectivity index (χ3v) is 2.85. The van der Waals surface area contributed by atoms with Gasteiger partial charge >= 0.3 is 5.97 Å². The molecule has 0 saturated carbocycles. The molecule has 0 amide bonds. The Balaban J connectivity index is 4.17. The van der Waals surface area contributed by atoms with Crippen LogP contribution in [0.15, 0.2) is 0 Å². The lowest BCUT2D eigenvalue weighted by Crippen LogP contribution is -2.44. The van der Waals surface area contributed by atoms with Crippen LogP contribution in [-0.4, -0.2) is 56.2 Å². The Labute approximate surface area is 88.1 Å². The van der Waals surface area contributed by atoms with E-state index < -0.39 is 28.6 Å². The predicted octanol–water partition coefficient (Wildman–Crippen LogP) is -1.61. The number of nitrogens with one attached hydrogen (secondary N) is 1. The summed E-state index contributed by atoms with van der Waals surface area (Å²) in [5.74, 6) is -1.75. The molecular weight excluding hydrogens is 226 g/mol. The maximum absolute atomic E-state index is 11.2. The first-order valence-electron chi connectivity index (χ1n) is 4.34. The maximum atomic E-state index is 11.2. The monoisotopic (exact) mass is 241 g/mol. The molecule has 0 fully saturated rings. The van der Waals surface area contributed by atoms with E-state index in [1.807, 2.05) is 4.72 Å². The summed E-state index contributed by atoms with van der Waals surface area (Å²) in [7, 11) is -3.73. The molecule has 1 unspecified atom stereocenters. The molecule has 0 aromatic carbocycles. The van der Waals surface area contributed by atoms with Crippen molar-refractivity contribution in [3.05, 3.63) is 0 Å². The molecular formula is C7H15NO6S. The number of carboxylic acid groups (broad SMARTS) is 1. The molecule has 0 aliphatic rings. The van der Waals surface area contributed by atoms with E-state index in [1.165, 1.54) is 0 Å². The van der Waals surface area contributed by atoms with Crippen LogP contribution in [0.25, 0.3) is 0 Å². The van der Waals surface area contributed by atoms with Crippen molar-refractivity contribution in [2.75, 3.05) is 25.6 Å². The second kappa shape index (κ2) is 6.72. The largest absolute Gasteiger partial charge is 0.480 e. The number of ether oxygens (including phenoxy) is 1. The summed E-state index contributed by atoms with van der Waals surface area (Å²) < 4.78 is 29.1. The molecule has 0 heterocycles. The topological polar surface area (TPSA) is 113 Å². The lowest BCUT2D eigenvalue weighted by Gasteiger charge is -2.11. The van der Waals surface area contributed by atoms with Crippen molar-refractivity contribution >= 4 is 16.0 Å². The number of carboxylic acids is 1. The third-order valence-electron chi connectivity index (χ3n) is 1.50. The Morgan fingerprint density at radius 3 is 2.53 bits per heavy atom. The van der Waals surface area contributed by atoms with E-state index in [4.69, 9.17) is 14.9 Å². The molecule has 3 N–H and O–H groups in total. The summed E-state index contributed by atoms with van der Waals surface area (Å²) in [6.07, 6.45) is 0. The first kappa shape index (κ1) is 14.3. The van der Waals surface area contributed by atoms with Crippen LogP contribution in [-0.2, 0) is 19.6 Å². The number of hydrogen-bond acceptors (Lipinski definition) is 5. The molecule has 90 valence electrons. The maximum Gasteiger partial charge on any atom is 0.324 e. The number of aliphatic hydroxyl groups is 1. The van der Waals surface area contributed by atoms with Gasteiger partial charge in [-0.1, -0.05) is 0 Å². The summed E-state index contributed by atoms with van der Waals surface area (Å²) in [4.78, 5) is 10.4. The van der Waals surface area contributed by atoms with Crippen LogP contribution >= 0.6 is 0 Å². The molecule has 0 aliphatic carbocycles. The van der Waals surface area contributed by atoms with E-state index in [1.54, 1.807) is 6.92 Å². The van der Waals surface area contributed by atoms with Gasteiger partial charge in [-0.05, 0) is 6.92 Å².